The topological polar surface area (TPSA) is 55.6 Å². The molecule has 2 aromatic heterocycles. The first-order valence-electron chi connectivity index (χ1n) is 4.36. The first-order chi connectivity index (χ1) is 8.06. The van der Waals surface area contributed by atoms with Crippen LogP contribution in [-0.2, 0) is 7.05 Å². The second-order valence-corrected chi connectivity index (χ2v) is 4.97. The van der Waals surface area contributed by atoms with Crippen molar-refractivity contribution < 1.29 is 0 Å². The molecular weight excluding hydrogens is 305 g/mol. The highest BCUT2D eigenvalue weighted by Crippen LogP contribution is 2.29. The molecule has 0 bridgehead atoms. The fraction of sp³-hybridized carbons (Fsp3) is 0.125. The third-order valence-corrected chi connectivity index (χ3v) is 3.54. The van der Waals surface area contributed by atoms with Crippen LogP contribution in [0.15, 0.2) is 17.3 Å². The molecule has 0 radical (unpaired) electrons. The Morgan fingerprint density at radius 1 is 1.24 bits per heavy atom. The summed E-state index contributed by atoms with van der Waals surface area (Å²) in [4.78, 5) is 8.78. The summed E-state index contributed by atoms with van der Waals surface area (Å²) in [6.07, 6.45) is 3.55. The van der Waals surface area contributed by atoms with Crippen molar-refractivity contribution in [3.8, 4) is 0 Å². The van der Waals surface area contributed by atoms with Crippen LogP contribution in [0.1, 0.15) is 0 Å². The van der Waals surface area contributed by atoms with E-state index in [2.05, 4.69) is 19.8 Å². The van der Waals surface area contributed by atoms with Gasteiger partial charge in [0.25, 0.3) is 0 Å². The molecule has 0 fully saturated rings. The molecule has 0 aliphatic rings. The van der Waals surface area contributed by atoms with E-state index >= 15 is 0 Å². The van der Waals surface area contributed by atoms with Gasteiger partial charge in [0.2, 0.25) is 5.95 Å². The summed E-state index contributed by atoms with van der Waals surface area (Å²) in [5, 5.41) is 4.39. The number of rotatable bonds is 3. The highest BCUT2D eigenvalue weighted by molar-refractivity contribution is 8.00. The molecule has 2 rings (SSSR count). The van der Waals surface area contributed by atoms with Crippen LogP contribution in [-0.4, -0.2) is 19.7 Å². The summed E-state index contributed by atoms with van der Waals surface area (Å²) >= 11 is 18.6. The minimum Gasteiger partial charge on any atom is -0.294 e. The maximum atomic E-state index is 5.77. The molecular formula is C8H6Cl3N5S. The number of hydrogen-bond acceptors (Lipinski definition) is 5. The lowest BCUT2D eigenvalue weighted by Gasteiger charge is -2.04. The highest BCUT2D eigenvalue weighted by atomic mass is 35.5. The van der Waals surface area contributed by atoms with E-state index in [4.69, 9.17) is 34.8 Å². The molecule has 0 saturated carbocycles. The quantitative estimate of drug-likeness (QED) is 0.696. The van der Waals surface area contributed by atoms with Crippen LogP contribution >= 0.6 is 46.8 Å². The van der Waals surface area contributed by atoms with Crippen LogP contribution in [0.5, 0.6) is 0 Å². The third kappa shape index (κ3) is 3.16. The van der Waals surface area contributed by atoms with E-state index in [1.165, 1.54) is 11.9 Å². The molecule has 0 spiro atoms. The Kier molecular flexibility index (Phi) is 3.98. The number of halogens is 3. The molecule has 2 aromatic rings. The molecule has 0 aliphatic carbocycles. The summed E-state index contributed by atoms with van der Waals surface area (Å²) < 4.78 is 4.58. The van der Waals surface area contributed by atoms with Crippen LogP contribution in [0.25, 0.3) is 0 Å². The first kappa shape index (κ1) is 12.8. The Hall–Kier alpha value is -0.690. The van der Waals surface area contributed by atoms with Gasteiger partial charge >= 0.3 is 0 Å². The third-order valence-electron chi connectivity index (χ3n) is 1.71. The van der Waals surface area contributed by atoms with Gasteiger partial charge < -0.3 is 0 Å². The molecule has 0 amide bonds. The van der Waals surface area contributed by atoms with Crippen molar-refractivity contribution in [2.24, 2.45) is 7.05 Å². The van der Waals surface area contributed by atoms with Crippen LogP contribution in [0.2, 0.25) is 15.3 Å². The zero-order valence-corrected chi connectivity index (χ0v) is 11.6. The van der Waals surface area contributed by atoms with Gasteiger partial charge in [-0.15, -0.1) is 0 Å². The molecule has 0 atom stereocenters. The lowest BCUT2D eigenvalue weighted by Crippen LogP contribution is -1.95. The zero-order valence-electron chi connectivity index (χ0n) is 8.49. The summed E-state index contributed by atoms with van der Waals surface area (Å²) in [6, 6.07) is 0. The maximum absolute atomic E-state index is 5.77. The van der Waals surface area contributed by atoms with Crippen LogP contribution in [0.3, 0.4) is 0 Å². The van der Waals surface area contributed by atoms with Crippen molar-refractivity contribution in [3.63, 3.8) is 0 Å². The second-order valence-electron chi connectivity index (χ2n) is 3.00. The van der Waals surface area contributed by atoms with E-state index in [9.17, 15) is 0 Å². The fourth-order valence-corrected chi connectivity index (χ4v) is 2.07. The van der Waals surface area contributed by atoms with E-state index in [-0.39, 0.29) is 15.3 Å². The van der Waals surface area contributed by atoms with Gasteiger partial charge in [-0.2, -0.15) is 15.1 Å². The standard InChI is InChI=1S/C8H6Cl3N5S/c1-16-3-4(2-12-16)17-15-8-13-6(10)5(9)7(11)14-8/h2-3H,1H3,(H,13,14,15). The Balaban J connectivity index is 2.09. The molecule has 0 aromatic carbocycles. The first-order valence-corrected chi connectivity index (χ1v) is 6.31. The van der Waals surface area contributed by atoms with E-state index in [0.29, 0.717) is 5.95 Å². The van der Waals surface area contributed by atoms with Crippen molar-refractivity contribution in [2.75, 3.05) is 4.72 Å². The lowest BCUT2D eigenvalue weighted by molar-refractivity contribution is 0.766. The number of anilines is 1. The largest absolute Gasteiger partial charge is 0.294 e. The van der Waals surface area contributed by atoms with Crippen molar-refractivity contribution >= 4 is 52.7 Å². The zero-order chi connectivity index (χ0) is 12.4. The van der Waals surface area contributed by atoms with E-state index in [1.807, 2.05) is 13.2 Å². The predicted octanol–water partition coefficient (Wildman–Crippen LogP) is 3.29. The maximum Gasteiger partial charge on any atom is 0.236 e. The van der Waals surface area contributed by atoms with Gasteiger partial charge in [-0.3, -0.25) is 9.40 Å². The molecule has 17 heavy (non-hydrogen) atoms. The van der Waals surface area contributed by atoms with Gasteiger partial charge in [-0.1, -0.05) is 34.8 Å². The molecule has 0 unspecified atom stereocenters. The number of hydrogen-bond donors (Lipinski definition) is 1. The van der Waals surface area contributed by atoms with Gasteiger partial charge in [0.05, 0.1) is 11.1 Å². The molecule has 1 N–H and O–H groups in total. The number of aromatic nitrogens is 4. The van der Waals surface area contributed by atoms with Crippen molar-refractivity contribution in [2.45, 2.75) is 4.90 Å². The molecule has 0 saturated heterocycles. The van der Waals surface area contributed by atoms with Gasteiger partial charge in [-0.25, -0.2) is 0 Å². The van der Waals surface area contributed by atoms with Gasteiger partial charge in [-0.05, 0) is 11.9 Å². The summed E-state index contributed by atoms with van der Waals surface area (Å²) in [7, 11) is 1.83. The van der Waals surface area contributed by atoms with Gasteiger partial charge in [0, 0.05) is 13.2 Å². The van der Waals surface area contributed by atoms with Gasteiger partial charge in [0.15, 0.2) is 10.3 Å². The lowest BCUT2D eigenvalue weighted by atomic mass is 10.6. The average Bonchev–Trinajstić information content (AvgIpc) is 2.69. The van der Waals surface area contributed by atoms with Crippen LogP contribution < -0.4 is 4.72 Å². The number of aryl methyl sites for hydroxylation is 1. The summed E-state index contributed by atoms with van der Waals surface area (Å²) in [6.45, 7) is 0. The van der Waals surface area contributed by atoms with Gasteiger partial charge in [0.1, 0.15) is 5.02 Å². The van der Waals surface area contributed by atoms with Crippen molar-refractivity contribution in [1.29, 1.82) is 0 Å². The normalized spacial score (nSPS) is 10.6. The summed E-state index contributed by atoms with van der Waals surface area (Å²) in [5.41, 5.74) is 0. The predicted molar refractivity (Wildman–Crippen MR) is 69.7 cm³/mol. The molecule has 9 heteroatoms. The van der Waals surface area contributed by atoms with Crippen molar-refractivity contribution in [3.05, 3.63) is 27.7 Å². The van der Waals surface area contributed by atoms with Crippen LogP contribution in [0.4, 0.5) is 5.95 Å². The average molecular weight is 311 g/mol. The molecule has 2 heterocycles. The second kappa shape index (κ2) is 5.30. The number of nitrogens with one attached hydrogen (secondary N) is 1. The van der Waals surface area contributed by atoms with E-state index in [0.717, 1.165) is 4.90 Å². The Labute approximate surface area is 117 Å². The smallest absolute Gasteiger partial charge is 0.236 e. The monoisotopic (exact) mass is 309 g/mol. The Morgan fingerprint density at radius 2 is 1.88 bits per heavy atom. The number of nitrogens with zero attached hydrogens (tertiary/aromatic N) is 4. The molecule has 90 valence electrons. The van der Waals surface area contributed by atoms with E-state index < -0.39 is 0 Å². The highest BCUT2D eigenvalue weighted by Gasteiger charge is 2.09. The molecule has 0 aliphatic heterocycles. The Bertz CT molecular complexity index is 521. The minimum absolute atomic E-state index is 0.112. The Morgan fingerprint density at radius 3 is 2.41 bits per heavy atom. The molecule has 5 nitrogen and oxygen atoms in total. The summed E-state index contributed by atoms with van der Waals surface area (Å²) in [5.74, 6) is 0.290. The minimum atomic E-state index is 0.112. The van der Waals surface area contributed by atoms with E-state index in [1.54, 1.807) is 10.9 Å². The fourth-order valence-electron chi connectivity index (χ4n) is 0.996. The van der Waals surface area contributed by atoms with Crippen LogP contribution in [0, 0.1) is 0 Å². The SMILES string of the molecule is Cn1cc(SNc2nc(Cl)c(Cl)c(Cl)n2)cn1. The van der Waals surface area contributed by atoms with Crippen molar-refractivity contribution in [1.82, 2.24) is 19.7 Å².